The first kappa shape index (κ1) is 45.9. The first-order valence-corrected chi connectivity index (χ1v) is 24.2. The van der Waals surface area contributed by atoms with Crippen LogP contribution in [0.4, 0.5) is 0 Å². The Morgan fingerprint density at radius 2 is 1.52 bits per heavy atom. The molecule has 0 unspecified atom stereocenters. The van der Waals surface area contributed by atoms with Crippen LogP contribution in [-0.2, 0) is 61.7 Å². The van der Waals surface area contributed by atoms with Gasteiger partial charge >= 0.3 is 0 Å². The molecule has 71 heavy (non-hydrogen) atoms. The fourth-order valence-corrected chi connectivity index (χ4v) is 8.91. The van der Waals surface area contributed by atoms with Crippen LogP contribution in [-0.4, -0.2) is 131 Å². The second-order valence-electron chi connectivity index (χ2n) is 17.9. The van der Waals surface area contributed by atoms with Crippen molar-refractivity contribution in [3.8, 4) is 22.8 Å². The lowest BCUT2D eigenvalue weighted by Crippen LogP contribution is -2.58. The number of ether oxygens (including phenoxy) is 2. The smallest absolute Gasteiger partial charge is 0.247 e. The largest absolute Gasteiger partial charge is 0.457 e. The van der Waals surface area contributed by atoms with E-state index in [1.54, 1.807) is 94.2 Å². The maximum absolute atomic E-state index is 15.2. The highest BCUT2D eigenvalue weighted by molar-refractivity contribution is 6.31. The number of imidazole rings is 1. The molecule has 1 aliphatic heterocycles. The Bertz CT molecular complexity index is 2830. The van der Waals surface area contributed by atoms with Crippen molar-refractivity contribution in [3.63, 3.8) is 0 Å². The predicted octanol–water partition coefficient (Wildman–Crippen LogP) is 7.17. The molecule has 15 nitrogen and oxygen atoms in total. The number of carbonyl (C=O) groups is 5. The molecule has 0 radical (unpaired) electrons. The van der Waals surface area contributed by atoms with Crippen molar-refractivity contribution in [2.75, 3.05) is 48.3 Å². The zero-order chi connectivity index (χ0) is 56.4. The molecule has 378 valence electrons. The van der Waals surface area contributed by atoms with Gasteiger partial charge in [-0.2, -0.15) is 0 Å². The van der Waals surface area contributed by atoms with Crippen LogP contribution in [0.25, 0.3) is 11.3 Å². The summed E-state index contributed by atoms with van der Waals surface area (Å²) >= 11 is 12.8. The van der Waals surface area contributed by atoms with Crippen LogP contribution in [0.5, 0.6) is 11.5 Å². The number of rotatable bonds is 14. The third-order valence-corrected chi connectivity index (χ3v) is 13.4. The van der Waals surface area contributed by atoms with Crippen LogP contribution in [0.3, 0.4) is 0 Å². The number of methoxy groups -OCH3 is 1. The molecule has 2 N–H and O–H groups in total. The number of nitrogens with zero attached hydrogens (tertiary/aromatic N) is 6. The molecule has 2 heterocycles. The second kappa shape index (κ2) is 25.2. The van der Waals surface area contributed by atoms with Gasteiger partial charge < -0.3 is 44.3 Å². The molecule has 1 aliphatic rings. The molecular weight excluding hydrogens is 944 g/mol. The van der Waals surface area contributed by atoms with Gasteiger partial charge in [0.15, 0.2) is 0 Å². The number of carbonyl (C=O) groups excluding carboxylic acids is 5. The average molecular weight is 1020 g/mol. The van der Waals surface area contributed by atoms with E-state index in [2.05, 4.69) is 15.6 Å². The van der Waals surface area contributed by atoms with Crippen LogP contribution < -0.4 is 15.4 Å². The number of nitrogens with one attached hydrogen (secondary N) is 2. The number of aromatic nitrogens is 2. The molecule has 1 fully saturated rings. The van der Waals surface area contributed by atoms with E-state index in [-0.39, 0.29) is 75.2 Å². The molecule has 1 aromatic heterocycles. The summed E-state index contributed by atoms with van der Waals surface area (Å²) in [5, 5.41) is 6.65. The zero-order valence-electron chi connectivity index (χ0n) is 46.9. The minimum atomic E-state index is -2.90. The SMILES string of the molecule is [2H]C([2H])([2H])N(Cc1ncc(-c2ccc(Oc3cc(Cl)ccc3CN3C(=O)C[C@@H](Cc4ccccc4)C(=O)N(C)[C@@H](C)CNC(=O)C[C@H](Cc4ccc(Cl)cc4)N(C)C(=O)[C@H](COC)NC(=O)[C@@H]3CC)cc2)n1C)C([2H])([2H])[2H]. The van der Waals surface area contributed by atoms with Gasteiger partial charge in [0.2, 0.25) is 29.5 Å². The van der Waals surface area contributed by atoms with Gasteiger partial charge in [-0.3, -0.25) is 24.0 Å². The van der Waals surface area contributed by atoms with Crippen molar-refractivity contribution >= 4 is 52.7 Å². The topological polar surface area (TPSA) is 159 Å². The normalized spacial score (nSPS) is 21.8. The van der Waals surface area contributed by atoms with Gasteiger partial charge in [-0.05, 0) is 99.8 Å². The van der Waals surface area contributed by atoms with Crippen molar-refractivity contribution in [1.82, 2.24) is 39.8 Å². The highest BCUT2D eigenvalue weighted by atomic mass is 35.5. The lowest BCUT2D eigenvalue weighted by Gasteiger charge is -2.36. The lowest BCUT2D eigenvalue weighted by atomic mass is 9.93. The van der Waals surface area contributed by atoms with Crippen LogP contribution in [0.15, 0.2) is 103 Å². The molecule has 1 saturated heterocycles. The number of halogens is 2. The van der Waals surface area contributed by atoms with E-state index in [0.29, 0.717) is 37.5 Å². The summed E-state index contributed by atoms with van der Waals surface area (Å²) < 4.78 is 60.3. The number of benzene rings is 4. The third kappa shape index (κ3) is 14.4. The van der Waals surface area contributed by atoms with Crippen molar-refractivity contribution in [3.05, 3.63) is 136 Å². The van der Waals surface area contributed by atoms with E-state index in [1.165, 1.54) is 28.0 Å². The Kier molecular flexibility index (Phi) is 16.3. The quantitative estimate of drug-likeness (QED) is 0.118. The zero-order valence-corrected chi connectivity index (χ0v) is 42.4. The van der Waals surface area contributed by atoms with Crippen LogP contribution >= 0.6 is 23.2 Å². The molecule has 4 aromatic carbocycles. The Hall–Kier alpha value is -6.26. The fourth-order valence-electron chi connectivity index (χ4n) is 8.62. The van der Waals surface area contributed by atoms with Crippen LogP contribution in [0.1, 0.15) is 63.8 Å². The van der Waals surface area contributed by atoms with E-state index in [1.807, 2.05) is 42.5 Å². The van der Waals surface area contributed by atoms with E-state index < -0.39 is 68.3 Å². The van der Waals surface area contributed by atoms with Gasteiger partial charge in [0.05, 0.1) is 37.5 Å². The predicted molar refractivity (Wildman–Crippen MR) is 276 cm³/mol. The summed E-state index contributed by atoms with van der Waals surface area (Å²) in [5.74, 6) is -2.52. The van der Waals surface area contributed by atoms with Gasteiger partial charge in [0, 0.05) is 89.1 Å². The second-order valence-corrected chi connectivity index (χ2v) is 18.7. The van der Waals surface area contributed by atoms with Crippen molar-refractivity contribution in [2.45, 2.75) is 83.2 Å². The number of hydrogen-bond donors (Lipinski definition) is 2. The minimum absolute atomic E-state index is 0.0823. The monoisotopic (exact) mass is 1010 g/mol. The summed E-state index contributed by atoms with van der Waals surface area (Å²) in [6.45, 7) is -3.08. The van der Waals surface area contributed by atoms with Crippen LogP contribution in [0.2, 0.25) is 10.0 Å². The Morgan fingerprint density at radius 1 is 0.831 bits per heavy atom. The summed E-state index contributed by atoms with van der Waals surface area (Å²) in [6.07, 6.45) is 1.63. The van der Waals surface area contributed by atoms with Gasteiger partial charge in [-0.15, -0.1) is 0 Å². The molecule has 5 amide bonds. The fraction of sp³-hybridized carbons (Fsp3) is 0.407. The van der Waals surface area contributed by atoms with E-state index in [4.69, 9.17) is 40.9 Å². The van der Waals surface area contributed by atoms with Gasteiger partial charge in [0.1, 0.15) is 29.4 Å². The molecule has 0 saturated carbocycles. The van der Waals surface area contributed by atoms with Crippen molar-refractivity contribution < 1.29 is 41.7 Å². The standard InChI is InChI=1S/C54H66Cl2N8O7/c1-9-46-52(67)59-45(34-70-8)54(69)62(6)43(26-37-15-20-41(55)21-16-37)29-50(65)58-30-35(2)61(5)53(68)40(25-36-13-11-10-12-14-36)27-51(66)64(46)32-39-17-22-42(56)28-48(39)71-44-23-18-38(19-24-44)47-31-57-49(63(47)7)33-60(3)4/h10-24,28,31,35,40,43,45-46H,9,25-27,29-30,32-34H2,1-8H3,(H,58,65)(H,59,67)/t35-,40+,43-,45-,46-/m0/s1/i3D3,4D3. The van der Waals surface area contributed by atoms with Gasteiger partial charge in [-0.25, -0.2) is 4.98 Å². The van der Waals surface area contributed by atoms with Crippen molar-refractivity contribution in [1.29, 1.82) is 0 Å². The Labute approximate surface area is 435 Å². The third-order valence-electron chi connectivity index (χ3n) is 12.9. The molecular formula is C54H66Cl2N8O7. The molecule has 0 spiro atoms. The number of likely N-dealkylation sites (N-methyl/N-ethyl adjacent to an activating group) is 2. The van der Waals surface area contributed by atoms with Gasteiger partial charge in [0.25, 0.3) is 0 Å². The molecule has 0 aliphatic carbocycles. The molecule has 17 heteroatoms. The Balaban J connectivity index is 1.36. The first-order chi connectivity index (χ1) is 36.4. The van der Waals surface area contributed by atoms with Crippen molar-refractivity contribution in [2.24, 2.45) is 13.0 Å². The summed E-state index contributed by atoms with van der Waals surface area (Å²) in [4.78, 5) is 82.2. The van der Waals surface area contributed by atoms with E-state index in [0.717, 1.165) is 11.1 Å². The molecule has 5 atom stereocenters. The molecule has 5 aromatic rings. The Morgan fingerprint density at radius 3 is 2.20 bits per heavy atom. The minimum Gasteiger partial charge on any atom is -0.457 e. The van der Waals surface area contributed by atoms with Crippen LogP contribution in [0, 0.1) is 5.92 Å². The highest BCUT2D eigenvalue weighted by Crippen LogP contribution is 2.33. The number of hydrogen-bond acceptors (Lipinski definition) is 9. The van der Waals surface area contributed by atoms with E-state index >= 15 is 4.79 Å². The van der Waals surface area contributed by atoms with Gasteiger partial charge in [-0.1, -0.05) is 78.7 Å². The summed E-state index contributed by atoms with van der Waals surface area (Å²) in [6, 6.07) is 24.4. The number of amides is 5. The maximum atomic E-state index is 15.2. The molecule has 0 bridgehead atoms. The maximum Gasteiger partial charge on any atom is 0.247 e. The highest BCUT2D eigenvalue weighted by Gasteiger charge is 2.37. The summed E-state index contributed by atoms with van der Waals surface area (Å²) in [5.41, 5.74) is 3.29. The lowest BCUT2D eigenvalue weighted by molar-refractivity contribution is -0.147. The summed E-state index contributed by atoms with van der Waals surface area (Å²) in [7, 11) is 6.24. The van der Waals surface area contributed by atoms with E-state index in [9.17, 15) is 19.2 Å². The molecule has 6 rings (SSSR count). The average Bonchev–Trinajstić information content (AvgIpc) is 3.76. The first-order valence-electron chi connectivity index (χ1n) is 26.4.